The molecule has 0 aliphatic carbocycles. The second kappa shape index (κ2) is 11.7. The van der Waals surface area contributed by atoms with Gasteiger partial charge in [0.05, 0.1) is 25.5 Å². The highest BCUT2D eigenvalue weighted by Gasteiger charge is 2.20. The van der Waals surface area contributed by atoms with Crippen LogP contribution in [0.25, 0.3) is 11.4 Å². The molecule has 4 rings (SSSR count). The number of likely N-dealkylation sites (N-methyl/N-ethyl adjacent to an activating group) is 2. The Hall–Kier alpha value is -2.33. The fraction of sp³-hybridized carbons (Fsp3) is 0.625. The number of anilines is 2. The number of rotatable bonds is 10. The third kappa shape index (κ3) is 6.38. The number of ether oxygens (including phenoxy) is 2. The molecular formula is C24H37N7O2. The number of piperazine rings is 1. The van der Waals surface area contributed by atoms with Crippen molar-refractivity contribution < 1.29 is 9.47 Å². The Labute approximate surface area is 197 Å². The zero-order chi connectivity index (χ0) is 23.0. The van der Waals surface area contributed by atoms with Crippen LogP contribution in [-0.4, -0.2) is 105 Å². The predicted octanol–water partition coefficient (Wildman–Crippen LogP) is 1.74. The Balaban J connectivity index is 1.44. The van der Waals surface area contributed by atoms with Crippen LogP contribution >= 0.6 is 0 Å². The van der Waals surface area contributed by atoms with Crippen molar-refractivity contribution in [2.45, 2.75) is 19.4 Å². The van der Waals surface area contributed by atoms with Crippen LogP contribution in [0.1, 0.15) is 17.7 Å². The van der Waals surface area contributed by atoms with Gasteiger partial charge in [-0.05, 0) is 39.2 Å². The fourth-order valence-electron chi connectivity index (χ4n) is 4.16. The van der Waals surface area contributed by atoms with Gasteiger partial charge in [-0.1, -0.05) is 0 Å². The summed E-state index contributed by atoms with van der Waals surface area (Å²) in [6.07, 6.45) is 3.74. The van der Waals surface area contributed by atoms with Gasteiger partial charge in [-0.2, -0.15) is 0 Å². The van der Waals surface area contributed by atoms with E-state index in [0.717, 1.165) is 99.5 Å². The maximum absolute atomic E-state index is 5.70. The van der Waals surface area contributed by atoms with E-state index in [0.29, 0.717) is 13.2 Å². The molecule has 0 atom stereocenters. The number of nitrogens with zero attached hydrogens (tertiary/aromatic N) is 6. The fourth-order valence-corrected chi connectivity index (χ4v) is 4.16. The number of pyridine rings is 1. The summed E-state index contributed by atoms with van der Waals surface area (Å²) in [6, 6.07) is 4.19. The monoisotopic (exact) mass is 455 g/mol. The smallest absolute Gasteiger partial charge is 0.163 e. The highest BCUT2D eigenvalue weighted by atomic mass is 16.5. The molecule has 1 fully saturated rings. The number of hydrogen-bond acceptors (Lipinski definition) is 9. The molecule has 180 valence electrons. The van der Waals surface area contributed by atoms with E-state index in [4.69, 9.17) is 24.4 Å². The number of fused-ring (bicyclic) bond motifs is 1. The summed E-state index contributed by atoms with van der Waals surface area (Å²) in [5, 5.41) is 3.54. The lowest BCUT2D eigenvalue weighted by Crippen LogP contribution is -2.44. The summed E-state index contributed by atoms with van der Waals surface area (Å²) < 4.78 is 10.9. The van der Waals surface area contributed by atoms with Gasteiger partial charge in [0.25, 0.3) is 0 Å². The summed E-state index contributed by atoms with van der Waals surface area (Å²) in [5.41, 5.74) is 3.11. The quantitative estimate of drug-likeness (QED) is 0.539. The van der Waals surface area contributed by atoms with E-state index < -0.39 is 0 Å². The molecule has 1 N–H and O–H groups in total. The zero-order valence-corrected chi connectivity index (χ0v) is 20.2. The van der Waals surface area contributed by atoms with Crippen LogP contribution in [0, 0.1) is 0 Å². The van der Waals surface area contributed by atoms with Crippen LogP contribution in [-0.2, 0) is 22.5 Å². The highest BCUT2D eigenvalue weighted by Crippen LogP contribution is 2.27. The van der Waals surface area contributed by atoms with Crippen molar-refractivity contribution in [2.75, 3.05) is 90.4 Å². The van der Waals surface area contributed by atoms with Crippen LogP contribution in [0.5, 0.6) is 0 Å². The van der Waals surface area contributed by atoms with Gasteiger partial charge in [-0.3, -0.25) is 0 Å². The van der Waals surface area contributed by atoms with Gasteiger partial charge in [0.1, 0.15) is 11.6 Å². The Morgan fingerprint density at radius 3 is 2.76 bits per heavy atom. The van der Waals surface area contributed by atoms with E-state index >= 15 is 0 Å². The second-order valence-corrected chi connectivity index (χ2v) is 8.90. The van der Waals surface area contributed by atoms with E-state index in [1.54, 1.807) is 7.11 Å². The summed E-state index contributed by atoms with van der Waals surface area (Å²) in [4.78, 5) is 21.5. The first-order chi connectivity index (χ1) is 16.1. The first-order valence-corrected chi connectivity index (χ1v) is 11.9. The van der Waals surface area contributed by atoms with Crippen molar-refractivity contribution >= 4 is 11.6 Å². The number of nitrogens with one attached hydrogen (secondary N) is 1. The van der Waals surface area contributed by atoms with Gasteiger partial charge in [0, 0.05) is 70.1 Å². The molecule has 0 bridgehead atoms. The molecule has 4 heterocycles. The first kappa shape index (κ1) is 23.8. The average molecular weight is 456 g/mol. The van der Waals surface area contributed by atoms with Crippen LogP contribution in [0.4, 0.5) is 11.6 Å². The van der Waals surface area contributed by atoms with Gasteiger partial charge in [-0.15, -0.1) is 0 Å². The topological polar surface area (TPSA) is 78.9 Å². The van der Waals surface area contributed by atoms with Gasteiger partial charge in [-0.25, -0.2) is 15.0 Å². The molecular weight excluding hydrogens is 418 g/mol. The molecule has 9 nitrogen and oxygen atoms in total. The van der Waals surface area contributed by atoms with E-state index in [9.17, 15) is 0 Å². The van der Waals surface area contributed by atoms with E-state index in [2.05, 4.69) is 46.2 Å². The van der Waals surface area contributed by atoms with Crippen molar-refractivity contribution in [3.05, 3.63) is 29.6 Å². The van der Waals surface area contributed by atoms with Crippen molar-refractivity contribution in [2.24, 2.45) is 0 Å². The zero-order valence-electron chi connectivity index (χ0n) is 20.2. The van der Waals surface area contributed by atoms with Crippen LogP contribution in [0.2, 0.25) is 0 Å². The summed E-state index contributed by atoms with van der Waals surface area (Å²) >= 11 is 0. The minimum absolute atomic E-state index is 0.562. The maximum atomic E-state index is 5.70. The SMILES string of the molecule is COCCN(C)CCCNc1nc(-c2ccc(N3CCN(C)CC3)nc2)nc2c1COCC2. The lowest BCUT2D eigenvalue weighted by molar-refractivity contribution is 0.109. The van der Waals surface area contributed by atoms with Gasteiger partial charge in [0.2, 0.25) is 0 Å². The van der Waals surface area contributed by atoms with Crippen molar-refractivity contribution in [3.63, 3.8) is 0 Å². The summed E-state index contributed by atoms with van der Waals surface area (Å²) in [6.45, 7) is 8.96. The number of aromatic nitrogens is 3. The molecule has 9 heteroatoms. The third-order valence-electron chi connectivity index (χ3n) is 6.34. The molecule has 0 unspecified atom stereocenters. The summed E-state index contributed by atoms with van der Waals surface area (Å²) in [7, 11) is 6.02. The lowest BCUT2D eigenvalue weighted by atomic mass is 10.1. The van der Waals surface area contributed by atoms with E-state index in [1.807, 2.05) is 6.20 Å². The van der Waals surface area contributed by atoms with Crippen molar-refractivity contribution in [3.8, 4) is 11.4 Å². The molecule has 2 aliphatic heterocycles. The van der Waals surface area contributed by atoms with Gasteiger partial charge < -0.3 is 29.5 Å². The van der Waals surface area contributed by atoms with Crippen LogP contribution in [0.15, 0.2) is 18.3 Å². The highest BCUT2D eigenvalue weighted by molar-refractivity contribution is 5.61. The van der Waals surface area contributed by atoms with Gasteiger partial charge >= 0.3 is 0 Å². The Bertz CT molecular complexity index is 885. The molecule has 33 heavy (non-hydrogen) atoms. The third-order valence-corrected chi connectivity index (χ3v) is 6.34. The normalized spacial score (nSPS) is 16.8. The second-order valence-electron chi connectivity index (χ2n) is 8.90. The molecule has 2 aromatic rings. The Kier molecular flexibility index (Phi) is 8.44. The van der Waals surface area contributed by atoms with E-state index in [-0.39, 0.29) is 0 Å². The summed E-state index contributed by atoms with van der Waals surface area (Å²) in [5.74, 6) is 2.64. The molecule has 0 amide bonds. The minimum atomic E-state index is 0.562. The van der Waals surface area contributed by atoms with Crippen LogP contribution in [0.3, 0.4) is 0 Å². The van der Waals surface area contributed by atoms with Crippen molar-refractivity contribution in [1.29, 1.82) is 0 Å². The molecule has 1 saturated heterocycles. The molecule has 0 aromatic carbocycles. The number of hydrogen-bond donors (Lipinski definition) is 1. The van der Waals surface area contributed by atoms with E-state index in [1.165, 1.54) is 0 Å². The number of methoxy groups -OCH3 is 1. The Morgan fingerprint density at radius 2 is 2.00 bits per heavy atom. The molecule has 0 spiro atoms. The minimum Gasteiger partial charge on any atom is -0.383 e. The van der Waals surface area contributed by atoms with Crippen LogP contribution < -0.4 is 10.2 Å². The maximum Gasteiger partial charge on any atom is 0.163 e. The molecule has 2 aromatic heterocycles. The molecule has 2 aliphatic rings. The average Bonchev–Trinajstić information content (AvgIpc) is 2.85. The standard InChI is InChI=1S/C24H37N7O2/c1-29(14-16-32-3)9-4-8-25-24-20-18-33-15-7-21(20)27-23(28-24)19-5-6-22(26-17-19)31-12-10-30(2)11-13-31/h5-6,17H,4,7-16,18H2,1-3H3,(H,25,27,28). The predicted molar refractivity (Wildman–Crippen MR) is 131 cm³/mol. The Morgan fingerprint density at radius 1 is 1.15 bits per heavy atom. The molecule has 0 saturated carbocycles. The lowest BCUT2D eigenvalue weighted by Gasteiger charge is -2.33. The van der Waals surface area contributed by atoms with Gasteiger partial charge in [0.15, 0.2) is 5.82 Å². The molecule has 0 radical (unpaired) electrons. The van der Waals surface area contributed by atoms with Crippen molar-refractivity contribution in [1.82, 2.24) is 24.8 Å². The first-order valence-electron chi connectivity index (χ1n) is 11.9. The largest absolute Gasteiger partial charge is 0.383 e.